The maximum absolute atomic E-state index is 13.3. The summed E-state index contributed by atoms with van der Waals surface area (Å²) in [6.07, 6.45) is -1.53. The van der Waals surface area contributed by atoms with Gasteiger partial charge in [0.1, 0.15) is 5.84 Å². The van der Waals surface area contributed by atoms with Crippen molar-refractivity contribution >= 4 is 55.6 Å². The molecule has 0 bridgehead atoms. The average Bonchev–Trinajstić information content (AvgIpc) is 3.30. The molecule has 0 radical (unpaired) electrons. The summed E-state index contributed by atoms with van der Waals surface area (Å²) in [6.45, 7) is 0. The van der Waals surface area contributed by atoms with Crippen LogP contribution < -0.4 is 5.73 Å². The molecule has 36 heavy (non-hydrogen) atoms. The number of rotatable bonds is 5. The summed E-state index contributed by atoms with van der Waals surface area (Å²) in [5.41, 5.74) is 8.11. The monoisotopic (exact) mass is 553 g/mol. The quantitative estimate of drug-likeness (QED) is 0.170. The van der Waals surface area contributed by atoms with Crippen molar-refractivity contribution in [3.05, 3.63) is 71.7 Å². The van der Waals surface area contributed by atoms with Gasteiger partial charge >= 0.3 is 12.1 Å². The third-order valence-electron chi connectivity index (χ3n) is 4.73. The van der Waals surface area contributed by atoms with E-state index < -0.39 is 22.0 Å². The van der Waals surface area contributed by atoms with Gasteiger partial charge in [-0.25, -0.2) is 13.2 Å². The summed E-state index contributed by atoms with van der Waals surface area (Å²) in [5, 5.41) is 15.8. The molecular weight excluding hydrogens is 535 g/mol. The number of thioether (sulfide) groups is 1. The van der Waals surface area contributed by atoms with Crippen LogP contribution in [0.4, 0.5) is 13.2 Å². The molecule has 4 aromatic rings. The summed E-state index contributed by atoms with van der Waals surface area (Å²) in [4.78, 5) is 14.1. The van der Waals surface area contributed by atoms with Gasteiger partial charge in [0.05, 0.1) is 24.4 Å². The number of aromatic nitrogens is 1. The van der Waals surface area contributed by atoms with Crippen LogP contribution in [0.25, 0.3) is 22.0 Å². The molecule has 0 aliphatic carbocycles. The molecule has 0 unspecified atom stereocenters. The molecule has 0 aliphatic heterocycles. The topological polar surface area (TPSA) is 134 Å². The highest BCUT2D eigenvalue weighted by molar-refractivity contribution is 8.01. The number of carbonyl (C=O) groups is 1. The lowest BCUT2D eigenvalue weighted by Gasteiger charge is -2.08. The van der Waals surface area contributed by atoms with Crippen LogP contribution in [0.15, 0.2) is 80.9 Å². The molecule has 0 fully saturated rings. The first kappa shape index (κ1) is 27.2. The number of alkyl halides is 3. The summed E-state index contributed by atoms with van der Waals surface area (Å²) in [7, 11) is -3.75. The third kappa shape index (κ3) is 6.04. The van der Waals surface area contributed by atoms with E-state index in [0.717, 1.165) is 22.0 Å². The van der Waals surface area contributed by atoms with Crippen LogP contribution in [0.2, 0.25) is 0 Å². The van der Waals surface area contributed by atoms with E-state index in [1.807, 2.05) is 42.7 Å². The van der Waals surface area contributed by atoms with Gasteiger partial charge < -0.3 is 10.8 Å². The van der Waals surface area contributed by atoms with Crippen molar-refractivity contribution in [1.82, 2.24) is 4.98 Å². The van der Waals surface area contributed by atoms with Crippen molar-refractivity contribution in [2.45, 2.75) is 20.2 Å². The smallest absolute Gasteiger partial charge is 0.475 e. The fraction of sp³-hybridized carbons (Fsp3) is 0.0870. The largest absolute Gasteiger partial charge is 0.490 e. The first-order chi connectivity index (χ1) is 16.8. The molecule has 0 saturated carbocycles. The Morgan fingerprint density at radius 1 is 1.08 bits per heavy atom. The van der Waals surface area contributed by atoms with E-state index in [4.69, 9.17) is 21.0 Å². The number of carboxylic acid groups (broad SMARTS) is 1. The standard InChI is InChI=1S/C21H17N3O2S3.C2HF3O2/c1-27-21-19(12-18(28-21)20(22)23)29(25,26)16-6-2-4-14(10-16)15-8-7-13-5-3-9-24-17(13)11-15;3-2(4,5)1(6)7/h2-12H,1H3,(H3,22,23);(H,6,7). The van der Waals surface area contributed by atoms with Crippen molar-refractivity contribution < 1.29 is 31.5 Å². The zero-order valence-electron chi connectivity index (χ0n) is 18.4. The second kappa shape index (κ2) is 10.7. The molecule has 0 amide bonds. The fourth-order valence-electron chi connectivity index (χ4n) is 3.04. The normalized spacial score (nSPS) is 11.6. The van der Waals surface area contributed by atoms with Crippen LogP contribution in [-0.2, 0) is 14.6 Å². The minimum Gasteiger partial charge on any atom is -0.475 e. The van der Waals surface area contributed by atoms with Crippen LogP contribution in [0, 0.1) is 5.41 Å². The number of fused-ring (bicyclic) bond motifs is 1. The Kier molecular flexibility index (Phi) is 8.06. The Balaban J connectivity index is 0.000000454. The first-order valence-corrected chi connectivity index (χ1v) is 13.4. The highest BCUT2D eigenvalue weighted by Crippen LogP contribution is 2.37. The van der Waals surface area contributed by atoms with Crippen LogP contribution >= 0.6 is 23.1 Å². The number of nitrogens with zero attached hydrogens (tertiary/aromatic N) is 1. The molecule has 7 nitrogen and oxygen atoms in total. The second-order valence-corrected chi connectivity index (χ2v) is 11.2. The van der Waals surface area contributed by atoms with Gasteiger partial charge in [-0.15, -0.1) is 23.1 Å². The molecule has 188 valence electrons. The van der Waals surface area contributed by atoms with Gasteiger partial charge in [-0.1, -0.05) is 30.3 Å². The molecule has 2 heterocycles. The van der Waals surface area contributed by atoms with Gasteiger partial charge in [0, 0.05) is 11.6 Å². The molecule has 0 atom stereocenters. The molecule has 13 heteroatoms. The zero-order valence-corrected chi connectivity index (χ0v) is 20.9. The van der Waals surface area contributed by atoms with Gasteiger partial charge in [-0.3, -0.25) is 10.4 Å². The SMILES string of the molecule is CSc1sc(C(=N)N)cc1S(=O)(=O)c1cccc(-c2ccc3cccnc3c2)c1.O=C(O)C(F)(F)F. The number of sulfone groups is 1. The number of carboxylic acids is 1. The summed E-state index contributed by atoms with van der Waals surface area (Å²) in [5.74, 6) is -2.89. The highest BCUT2D eigenvalue weighted by atomic mass is 32.2. The van der Waals surface area contributed by atoms with E-state index in [-0.39, 0.29) is 15.6 Å². The first-order valence-electron chi connectivity index (χ1n) is 9.87. The van der Waals surface area contributed by atoms with Crippen LogP contribution in [0.1, 0.15) is 4.88 Å². The van der Waals surface area contributed by atoms with Gasteiger partial charge in [0.2, 0.25) is 9.84 Å². The second-order valence-electron chi connectivity index (χ2n) is 7.13. The number of nitrogens with one attached hydrogen (secondary N) is 1. The number of benzene rings is 2. The van der Waals surface area contributed by atoms with Gasteiger partial charge in [-0.2, -0.15) is 13.2 Å². The van der Waals surface area contributed by atoms with E-state index in [1.54, 1.807) is 24.4 Å². The zero-order chi connectivity index (χ0) is 26.7. The van der Waals surface area contributed by atoms with E-state index in [9.17, 15) is 21.6 Å². The number of thiophene rings is 1. The lowest BCUT2D eigenvalue weighted by molar-refractivity contribution is -0.192. The molecule has 2 aromatic carbocycles. The molecule has 0 aliphatic rings. The lowest BCUT2D eigenvalue weighted by Crippen LogP contribution is -2.21. The maximum atomic E-state index is 13.3. The van der Waals surface area contributed by atoms with Crippen molar-refractivity contribution in [2.24, 2.45) is 5.73 Å². The van der Waals surface area contributed by atoms with Crippen molar-refractivity contribution in [1.29, 1.82) is 5.41 Å². The molecule has 4 N–H and O–H groups in total. The van der Waals surface area contributed by atoms with E-state index in [2.05, 4.69) is 4.98 Å². The number of halogens is 3. The summed E-state index contributed by atoms with van der Waals surface area (Å²) < 4.78 is 59.0. The van der Waals surface area contributed by atoms with Gasteiger partial charge in [-0.05, 0) is 47.7 Å². The third-order valence-corrected chi connectivity index (χ3v) is 9.07. The maximum Gasteiger partial charge on any atom is 0.490 e. The number of nitrogen functional groups attached to an aromatic ring is 1. The Morgan fingerprint density at radius 2 is 1.75 bits per heavy atom. The fourth-order valence-corrected chi connectivity index (χ4v) is 6.94. The predicted octanol–water partition coefficient (Wildman–Crippen LogP) is 5.44. The number of aliphatic carboxylic acids is 1. The number of hydrogen-bond acceptors (Lipinski definition) is 7. The van der Waals surface area contributed by atoms with Crippen LogP contribution in [0.5, 0.6) is 0 Å². The van der Waals surface area contributed by atoms with Crippen molar-refractivity contribution in [3.8, 4) is 11.1 Å². The number of amidine groups is 1. The van der Waals surface area contributed by atoms with Gasteiger partial charge in [0.15, 0.2) is 0 Å². The van der Waals surface area contributed by atoms with Crippen molar-refractivity contribution in [3.63, 3.8) is 0 Å². The lowest BCUT2D eigenvalue weighted by atomic mass is 10.0. The minimum atomic E-state index is -5.08. The van der Waals surface area contributed by atoms with E-state index >= 15 is 0 Å². The number of nitrogens with two attached hydrogens (primary N) is 1. The number of pyridine rings is 1. The average molecular weight is 554 g/mol. The molecule has 4 rings (SSSR count). The number of hydrogen-bond donors (Lipinski definition) is 3. The van der Waals surface area contributed by atoms with E-state index in [1.165, 1.54) is 29.2 Å². The van der Waals surface area contributed by atoms with Gasteiger partial charge in [0.25, 0.3) is 0 Å². The molecule has 0 spiro atoms. The Morgan fingerprint density at radius 3 is 2.36 bits per heavy atom. The van der Waals surface area contributed by atoms with Crippen molar-refractivity contribution in [2.75, 3.05) is 6.26 Å². The molecular formula is C23H18F3N3O4S3. The van der Waals surface area contributed by atoms with E-state index in [0.29, 0.717) is 9.09 Å². The summed E-state index contributed by atoms with van der Waals surface area (Å²) >= 11 is 2.55. The van der Waals surface area contributed by atoms with Crippen LogP contribution in [-0.4, -0.2) is 42.7 Å². The molecule has 0 saturated heterocycles. The minimum absolute atomic E-state index is 0.135. The van der Waals surface area contributed by atoms with Crippen LogP contribution in [0.3, 0.4) is 0 Å². The Labute approximate surface area is 212 Å². The molecule has 2 aromatic heterocycles. The Hall–Kier alpha value is -3.42. The Bertz CT molecular complexity index is 1550. The highest BCUT2D eigenvalue weighted by Gasteiger charge is 2.38. The predicted molar refractivity (Wildman–Crippen MR) is 133 cm³/mol. The summed E-state index contributed by atoms with van der Waals surface area (Å²) in [6, 6.07) is 18.1.